The molecule has 0 aliphatic heterocycles. The highest BCUT2D eigenvalue weighted by Gasteiger charge is 2.10. The van der Waals surface area contributed by atoms with Crippen LogP contribution < -0.4 is 5.73 Å². The fourth-order valence-electron chi connectivity index (χ4n) is 1.65. The number of nitrogens with two attached hydrogens (primary N) is 1. The van der Waals surface area contributed by atoms with Gasteiger partial charge in [0.1, 0.15) is 0 Å². The Labute approximate surface area is 125 Å². The van der Waals surface area contributed by atoms with Crippen LogP contribution in [0, 0.1) is 0 Å². The molecule has 1 unspecified atom stereocenters. The van der Waals surface area contributed by atoms with Gasteiger partial charge in [0.05, 0.1) is 26.5 Å². The van der Waals surface area contributed by atoms with Gasteiger partial charge in [-0.1, -0.05) is 47.5 Å². The van der Waals surface area contributed by atoms with E-state index in [2.05, 4.69) is 0 Å². The molecule has 2 aromatic carbocycles. The maximum absolute atomic E-state index is 12.3. The van der Waals surface area contributed by atoms with E-state index in [1.807, 2.05) is 24.3 Å². The molecule has 0 spiro atoms. The van der Waals surface area contributed by atoms with Gasteiger partial charge in [0.15, 0.2) is 0 Å². The van der Waals surface area contributed by atoms with Crippen LogP contribution in [0.25, 0.3) is 0 Å². The smallest absolute Gasteiger partial charge is 0.0592 e. The van der Waals surface area contributed by atoms with Crippen LogP contribution in [0.15, 0.2) is 47.4 Å². The standard InChI is InChI=1S/C14H13Cl2NOS/c15-12-5-6-13(16)14(7-12)19(18)9-11-3-1-10(8-17)2-4-11/h1-7H,8-9,17H2. The number of hydrogen-bond donors (Lipinski definition) is 1. The molecule has 2 aromatic rings. The van der Waals surface area contributed by atoms with Crippen molar-refractivity contribution in [2.75, 3.05) is 0 Å². The Balaban J connectivity index is 2.18. The van der Waals surface area contributed by atoms with Gasteiger partial charge in [0, 0.05) is 11.6 Å². The fraction of sp³-hybridized carbons (Fsp3) is 0.143. The van der Waals surface area contributed by atoms with Crippen LogP contribution in [0.2, 0.25) is 10.0 Å². The molecule has 0 aliphatic carbocycles. The number of hydrogen-bond acceptors (Lipinski definition) is 2. The molecule has 0 aliphatic rings. The first-order chi connectivity index (χ1) is 9.10. The van der Waals surface area contributed by atoms with E-state index < -0.39 is 10.8 Å². The van der Waals surface area contributed by atoms with Gasteiger partial charge in [0.2, 0.25) is 0 Å². The summed E-state index contributed by atoms with van der Waals surface area (Å²) in [6.07, 6.45) is 0. The summed E-state index contributed by atoms with van der Waals surface area (Å²) in [4.78, 5) is 0.567. The molecule has 0 bridgehead atoms. The van der Waals surface area contributed by atoms with Crippen LogP contribution in [-0.4, -0.2) is 4.21 Å². The van der Waals surface area contributed by atoms with E-state index in [0.717, 1.165) is 11.1 Å². The van der Waals surface area contributed by atoms with E-state index >= 15 is 0 Å². The highest BCUT2D eigenvalue weighted by molar-refractivity contribution is 7.84. The van der Waals surface area contributed by atoms with Gasteiger partial charge in [-0.25, -0.2) is 0 Å². The van der Waals surface area contributed by atoms with E-state index in [4.69, 9.17) is 28.9 Å². The number of benzene rings is 2. The SMILES string of the molecule is NCc1ccc(CS(=O)c2cc(Cl)ccc2Cl)cc1. The summed E-state index contributed by atoms with van der Waals surface area (Å²) in [6.45, 7) is 0.503. The molecular formula is C14H13Cl2NOS. The van der Waals surface area contributed by atoms with E-state index in [0.29, 0.717) is 27.2 Å². The summed E-state index contributed by atoms with van der Waals surface area (Å²) in [5, 5.41) is 1.01. The summed E-state index contributed by atoms with van der Waals surface area (Å²) in [5.41, 5.74) is 7.57. The Bertz CT molecular complexity index is 599. The average molecular weight is 314 g/mol. The van der Waals surface area contributed by atoms with E-state index in [-0.39, 0.29) is 0 Å². The Hall–Kier alpha value is -0.870. The molecule has 19 heavy (non-hydrogen) atoms. The van der Waals surface area contributed by atoms with E-state index in [9.17, 15) is 4.21 Å². The van der Waals surface area contributed by atoms with Gasteiger partial charge < -0.3 is 5.73 Å². The minimum Gasteiger partial charge on any atom is -0.326 e. The first-order valence-electron chi connectivity index (χ1n) is 5.71. The van der Waals surface area contributed by atoms with Gasteiger partial charge >= 0.3 is 0 Å². The lowest BCUT2D eigenvalue weighted by Crippen LogP contribution is -1.99. The molecule has 0 heterocycles. The maximum Gasteiger partial charge on any atom is 0.0592 e. The minimum absolute atomic E-state index is 0.408. The van der Waals surface area contributed by atoms with Crippen molar-refractivity contribution in [2.24, 2.45) is 5.73 Å². The zero-order valence-corrected chi connectivity index (χ0v) is 12.4. The molecule has 0 saturated carbocycles. The summed E-state index contributed by atoms with van der Waals surface area (Å²) in [5.74, 6) is 0.408. The highest BCUT2D eigenvalue weighted by Crippen LogP contribution is 2.25. The lowest BCUT2D eigenvalue weighted by atomic mass is 10.1. The third kappa shape index (κ3) is 3.80. The molecule has 0 saturated heterocycles. The quantitative estimate of drug-likeness (QED) is 0.934. The topological polar surface area (TPSA) is 43.1 Å². The van der Waals surface area contributed by atoms with Crippen molar-refractivity contribution in [2.45, 2.75) is 17.2 Å². The van der Waals surface area contributed by atoms with Gasteiger partial charge in [-0.3, -0.25) is 4.21 Å². The molecule has 100 valence electrons. The normalized spacial score (nSPS) is 12.4. The molecule has 0 radical (unpaired) electrons. The molecule has 2 nitrogen and oxygen atoms in total. The predicted molar refractivity (Wildman–Crippen MR) is 80.9 cm³/mol. The second kappa shape index (κ2) is 6.53. The van der Waals surface area contributed by atoms with E-state index in [1.54, 1.807) is 18.2 Å². The third-order valence-corrected chi connectivity index (χ3v) is 4.80. The average Bonchev–Trinajstić information content (AvgIpc) is 2.42. The van der Waals surface area contributed by atoms with Crippen LogP contribution in [0.1, 0.15) is 11.1 Å². The third-order valence-electron chi connectivity index (χ3n) is 2.69. The Morgan fingerprint density at radius 1 is 1.00 bits per heavy atom. The number of rotatable bonds is 4. The van der Waals surface area contributed by atoms with Crippen LogP contribution in [0.3, 0.4) is 0 Å². The van der Waals surface area contributed by atoms with Gasteiger partial charge in [-0.2, -0.15) is 0 Å². The van der Waals surface area contributed by atoms with Gasteiger partial charge in [-0.15, -0.1) is 0 Å². The van der Waals surface area contributed by atoms with Crippen LogP contribution in [-0.2, 0) is 23.1 Å². The summed E-state index contributed by atoms with van der Waals surface area (Å²) >= 11 is 11.9. The van der Waals surface area contributed by atoms with Crippen LogP contribution >= 0.6 is 23.2 Å². The van der Waals surface area contributed by atoms with Crippen molar-refractivity contribution >= 4 is 34.0 Å². The maximum atomic E-state index is 12.3. The monoisotopic (exact) mass is 313 g/mol. The molecular weight excluding hydrogens is 301 g/mol. The number of halogens is 2. The Morgan fingerprint density at radius 2 is 1.63 bits per heavy atom. The fourth-order valence-corrected chi connectivity index (χ4v) is 3.46. The molecule has 0 amide bonds. The molecule has 2 rings (SSSR count). The van der Waals surface area contributed by atoms with Gasteiger partial charge in [0.25, 0.3) is 0 Å². The molecule has 2 N–H and O–H groups in total. The predicted octanol–water partition coefficient (Wildman–Crippen LogP) is 3.76. The first kappa shape index (κ1) is 14.5. The van der Waals surface area contributed by atoms with Gasteiger partial charge in [-0.05, 0) is 29.3 Å². The van der Waals surface area contributed by atoms with Crippen LogP contribution in [0.5, 0.6) is 0 Å². The second-order valence-corrected chi connectivity index (χ2v) is 6.35. The van der Waals surface area contributed by atoms with Crippen molar-refractivity contribution in [1.82, 2.24) is 0 Å². The van der Waals surface area contributed by atoms with Crippen molar-refractivity contribution < 1.29 is 4.21 Å². The summed E-state index contributed by atoms with van der Waals surface area (Å²) in [6, 6.07) is 12.7. The molecule has 0 aromatic heterocycles. The lowest BCUT2D eigenvalue weighted by molar-refractivity contribution is 0.682. The largest absolute Gasteiger partial charge is 0.326 e. The van der Waals surface area contributed by atoms with Crippen molar-refractivity contribution in [3.8, 4) is 0 Å². The van der Waals surface area contributed by atoms with Crippen molar-refractivity contribution in [3.05, 3.63) is 63.6 Å². The zero-order valence-electron chi connectivity index (χ0n) is 10.1. The molecule has 1 atom stereocenters. The Kier molecular flexibility index (Phi) is 4.99. The highest BCUT2D eigenvalue weighted by atomic mass is 35.5. The molecule has 0 fully saturated rings. The van der Waals surface area contributed by atoms with E-state index in [1.165, 1.54) is 0 Å². The second-order valence-electron chi connectivity index (χ2n) is 4.09. The lowest BCUT2D eigenvalue weighted by Gasteiger charge is -2.06. The molecule has 5 heteroatoms. The Morgan fingerprint density at radius 3 is 2.26 bits per heavy atom. The minimum atomic E-state index is -1.21. The van der Waals surface area contributed by atoms with Crippen molar-refractivity contribution in [1.29, 1.82) is 0 Å². The summed E-state index contributed by atoms with van der Waals surface area (Å²) < 4.78 is 12.3. The summed E-state index contributed by atoms with van der Waals surface area (Å²) in [7, 11) is -1.21. The first-order valence-corrected chi connectivity index (χ1v) is 7.79. The zero-order chi connectivity index (χ0) is 13.8. The van der Waals surface area contributed by atoms with Crippen LogP contribution in [0.4, 0.5) is 0 Å². The van der Waals surface area contributed by atoms with Crippen molar-refractivity contribution in [3.63, 3.8) is 0 Å².